The number of nitrogens with one attached hydrogen (secondary N) is 1. The highest BCUT2D eigenvalue weighted by Crippen LogP contribution is 2.39. The summed E-state index contributed by atoms with van der Waals surface area (Å²) in [5, 5.41) is 3.93. The van der Waals surface area contributed by atoms with Gasteiger partial charge in [-0.2, -0.15) is 0 Å². The quantitative estimate of drug-likeness (QED) is 0.769. The van der Waals surface area contributed by atoms with Crippen molar-refractivity contribution in [3.8, 4) is 0 Å². The number of amides is 1. The molecule has 0 aliphatic carbocycles. The Morgan fingerprint density at radius 3 is 2.81 bits per heavy atom. The van der Waals surface area contributed by atoms with Crippen LogP contribution >= 0.6 is 11.3 Å². The highest BCUT2D eigenvalue weighted by Gasteiger charge is 2.28. The molecule has 1 fully saturated rings. The highest BCUT2D eigenvalue weighted by molar-refractivity contribution is 7.20. The van der Waals surface area contributed by atoms with E-state index >= 15 is 0 Å². The van der Waals surface area contributed by atoms with Gasteiger partial charge in [0.15, 0.2) is 0 Å². The van der Waals surface area contributed by atoms with Gasteiger partial charge in [-0.15, -0.1) is 11.3 Å². The van der Waals surface area contributed by atoms with Crippen molar-refractivity contribution in [2.75, 3.05) is 20.1 Å². The van der Waals surface area contributed by atoms with E-state index in [0.717, 1.165) is 47.6 Å². The SMILES string of the molecule is CNC(=O)c1sc2ncccc2c1C1CCN(Cc2cccnc2)CC1. The Kier molecular flexibility index (Phi) is 4.95. The standard InChI is InChI=1S/C20H22N4OS/c1-21-19(25)18-17(16-5-3-9-23-20(16)26-18)15-6-10-24(11-7-15)13-14-4-2-8-22-12-14/h2-5,8-9,12,15H,6-7,10-11,13H2,1H3,(H,21,25). The molecule has 1 amide bonds. The molecule has 1 N–H and O–H groups in total. The molecule has 1 aliphatic rings. The summed E-state index contributed by atoms with van der Waals surface area (Å²) in [6.07, 6.45) is 7.67. The average molecular weight is 366 g/mol. The van der Waals surface area contributed by atoms with Crippen LogP contribution in [0.4, 0.5) is 0 Å². The van der Waals surface area contributed by atoms with Crippen molar-refractivity contribution in [1.82, 2.24) is 20.2 Å². The molecule has 3 aromatic rings. The van der Waals surface area contributed by atoms with Crippen LogP contribution in [0.15, 0.2) is 42.9 Å². The first-order valence-electron chi connectivity index (χ1n) is 8.97. The molecular formula is C20H22N4OS. The van der Waals surface area contributed by atoms with Crippen molar-refractivity contribution in [2.45, 2.75) is 25.3 Å². The monoisotopic (exact) mass is 366 g/mol. The fraction of sp³-hybridized carbons (Fsp3) is 0.350. The maximum absolute atomic E-state index is 12.4. The summed E-state index contributed by atoms with van der Waals surface area (Å²) in [7, 11) is 1.69. The number of fused-ring (bicyclic) bond motifs is 1. The third-order valence-electron chi connectivity index (χ3n) is 5.06. The van der Waals surface area contributed by atoms with Crippen molar-refractivity contribution in [2.24, 2.45) is 0 Å². The number of pyridine rings is 2. The number of carbonyl (C=O) groups excluding carboxylic acids is 1. The van der Waals surface area contributed by atoms with Gasteiger partial charge in [0.25, 0.3) is 5.91 Å². The maximum atomic E-state index is 12.4. The first-order chi connectivity index (χ1) is 12.8. The summed E-state index contributed by atoms with van der Waals surface area (Å²) in [5.74, 6) is 0.409. The molecule has 0 aromatic carbocycles. The predicted octanol–water partition coefficient (Wildman–Crippen LogP) is 3.43. The smallest absolute Gasteiger partial charge is 0.261 e. The Hall–Kier alpha value is -2.31. The third-order valence-corrected chi connectivity index (χ3v) is 6.19. The summed E-state index contributed by atoms with van der Waals surface area (Å²) >= 11 is 1.51. The van der Waals surface area contributed by atoms with E-state index < -0.39 is 0 Å². The van der Waals surface area contributed by atoms with Crippen LogP contribution in [0.1, 0.15) is 39.6 Å². The summed E-state index contributed by atoms with van der Waals surface area (Å²) in [5.41, 5.74) is 2.45. The van der Waals surface area contributed by atoms with Crippen LogP contribution in [0.25, 0.3) is 10.2 Å². The largest absolute Gasteiger partial charge is 0.354 e. The molecule has 1 saturated heterocycles. The van der Waals surface area contributed by atoms with Crippen molar-refractivity contribution in [1.29, 1.82) is 0 Å². The second-order valence-electron chi connectivity index (χ2n) is 6.69. The molecule has 0 radical (unpaired) electrons. The number of thiophene rings is 1. The lowest BCUT2D eigenvalue weighted by molar-refractivity contribution is 0.0965. The van der Waals surface area contributed by atoms with Gasteiger partial charge in [-0.05, 0) is 55.1 Å². The number of likely N-dealkylation sites (tertiary alicyclic amines) is 1. The van der Waals surface area contributed by atoms with Crippen molar-refractivity contribution in [3.05, 3.63) is 58.9 Å². The third kappa shape index (κ3) is 3.34. The summed E-state index contributed by atoms with van der Waals surface area (Å²) in [6, 6.07) is 8.18. The minimum atomic E-state index is 0.000731. The highest BCUT2D eigenvalue weighted by atomic mass is 32.1. The zero-order chi connectivity index (χ0) is 17.9. The van der Waals surface area contributed by atoms with E-state index in [1.807, 2.05) is 24.5 Å². The molecule has 5 nitrogen and oxygen atoms in total. The van der Waals surface area contributed by atoms with E-state index in [4.69, 9.17) is 0 Å². The molecule has 4 rings (SSSR count). The number of hydrogen-bond acceptors (Lipinski definition) is 5. The number of piperidine rings is 1. The Morgan fingerprint density at radius 1 is 1.27 bits per heavy atom. The molecule has 4 heterocycles. The molecule has 0 bridgehead atoms. The topological polar surface area (TPSA) is 58.1 Å². The van der Waals surface area contributed by atoms with Gasteiger partial charge in [-0.1, -0.05) is 12.1 Å². The predicted molar refractivity (Wildman–Crippen MR) is 104 cm³/mol. The van der Waals surface area contributed by atoms with Gasteiger partial charge in [0.1, 0.15) is 4.83 Å². The maximum Gasteiger partial charge on any atom is 0.261 e. The first-order valence-corrected chi connectivity index (χ1v) is 9.78. The zero-order valence-corrected chi connectivity index (χ0v) is 15.6. The Bertz CT molecular complexity index is 901. The number of nitrogens with zero attached hydrogens (tertiary/aromatic N) is 3. The van der Waals surface area contributed by atoms with Crippen LogP contribution in [0.3, 0.4) is 0 Å². The number of carbonyl (C=O) groups is 1. The lowest BCUT2D eigenvalue weighted by Gasteiger charge is -2.32. The van der Waals surface area contributed by atoms with Gasteiger partial charge in [0, 0.05) is 37.6 Å². The van der Waals surface area contributed by atoms with Gasteiger partial charge in [-0.3, -0.25) is 14.7 Å². The lowest BCUT2D eigenvalue weighted by atomic mass is 9.87. The van der Waals surface area contributed by atoms with Crippen LogP contribution in [-0.2, 0) is 6.54 Å². The Morgan fingerprint density at radius 2 is 2.08 bits per heavy atom. The van der Waals surface area contributed by atoms with Gasteiger partial charge in [0.05, 0.1) is 4.88 Å². The number of rotatable bonds is 4. The molecular weight excluding hydrogens is 344 g/mol. The van der Waals surface area contributed by atoms with Crippen molar-refractivity contribution in [3.63, 3.8) is 0 Å². The summed E-state index contributed by atoms with van der Waals surface area (Å²) in [6.45, 7) is 3.00. The molecule has 0 unspecified atom stereocenters. The molecule has 3 aromatic heterocycles. The van der Waals surface area contributed by atoms with E-state index in [2.05, 4.69) is 32.3 Å². The van der Waals surface area contributed by atoms with Crippen LogP contribution in [0.5, 0.6) is 0 Å². The van der Waals surface area contributed by atoms with Gasteiger partial charge in [0.2, 0.25) is 0 Å². The van der Waals surface area contributed by atoms with Gasteiger partial charge >= 0.3 is 0 Å². The molecule has 0 atom stereocenters. The van der Waals surface area contributed by atoms with Gasteiger partial charge in [-0.25, -0.2) is 4.98 Å². The minimum absolute atomic E-state index is 0.000731. The van der Waals surface area contributed by atoms with E-state index in [0.29, 0.717) is 5.92 Å². The zero-order valence-electron chi connectivity index (χ0n) is 14.8. The van der Waals surface area contributed by atoms with E-state index in [9.17, 15) is 4.79 Å². The summed E-state index contributed by atoms with van der Waals surface area (Å²) < 4.78 is 0. The van der Waals surface area contributed by atoms with Crippen LogP contribution < -0.4 is 5.32 Å². The van der Waals surface area contributed by atoms with E-state index in [1.54, 1.807) is 13.2 Å². The molecule has 26 heavy (non-hydrogen) atoms. The molecule has 134 valence electrons. The normalized spacial score (nSPS) is 16.0. The first kappa shape index (κ1) is 17.1. The fourth-order valence-corrected chi connectivity index (χ4v) is 4.94. The van der Waals surface area contributed by atoms with E-state index in [1.165, 1.54) is 22.5 Å². The fourth-order valence-electron chi connectivity index (χ4n) is 3.77. The van der Waals surface area contributed by atoms with Gasteiger partial charge < -0.3 is 5.32 Å². The molecule has 0 saturated carbocycles. The molecule has 1 aliphatic heterocycles. The molecule has 6 heteroatoms. The second kappa shape index (κ2) is 7.51. The van der Waals surface area contributed by atoms with Crippen LogP contribution in [0.2, 0.25) is 0 Å². The number of aromatic nitrogens is 2. The van der Waals surface area contributed by atoms with Crippen LogP contribution in [0, 0.1) is 0 Å². The van der Waals surface area contributed by atoms with Crippen molar-refractivity contribution < 1.29 is 4.79 Å². The van der Waals surface area contributed by atoms with Crippen LogP contribution in [-0.4, -0.2) is 40.9 Å². The number of hydrogen-bond donors (Lipinski definition) is 1. The Balaban J connectivity index is 1.55. The minimum Gasteiger partial charge on any atom is -0.354 e. The van der Waals surface area contributed by atoms with Crippen molar-refractivity contribution >= 4 is 27.5 Å². The summed E-state index contributed by atoms with van der Waals surface area (Å²) in [4.78, 5) is 25.3. The van der Waals surface area contributed by atoms with E-state index in [-0.39, 0.29) is 5.91 Å². The second-order valence-corrected chi connectivity index (χ2v) is 7.69. The lowest BCUT2D eigenvalue weighted by Crippen LogP contribution is -2.33. The average Bonchev–Trinajstić information content (AvgIpc) is 3.08. The Labute approximate surface area is 157 Å². The molecule has 0 spiro atoms.